The number of fused-ring (bicyclic) bond motifs is 4. The summed E-state index contributed by atoms with van der Waals surface area (Å²) in [5.41, 5.74) is -2.62. The number of nitrogens with one attached hydrogen (secondary N) is 1. The number of carbonyl (C=O) groups is 2. The van der Waals surface area contributed by atoms with Gasteiger partial charge < -0.3 is 19.5 Å². The normalized spacial score (nSPS) is 23.6. The number of aromatic nitrogens is 1. The number of rotatable bonds is 10. The molecule has 2 aromatic carbocycles. The van der Waals surface area contributed by atoms with Crippen LogP contribution in [0.3, 0.4) is 0 Å². The Labute approximate surface area is 280 Å². The summed E-state index contributed by atoms with van der Waals surface area (Å²) in [6, 6.07) is 8.56. The number of ether oxygens (including phenoxy) is 1. The number of H-pyrrole nitrogens is 1. The average Bonchev–Trinajstić information content (AvgIpc) is 3.42. The summed E-state index contributed by atoms with van der Waals surface area (Å²) in [6.07, 6.45) is 1.85. The molecule has 3 N–H and O–H groups in total. The molecule has 1 fully saturated rings. The van der Waals surface area contributed by atoms with Crippen LogP contribution in [0.25, 0.3) is 5.76 Å². The van der Waals surface area contributed by atoms with Crippen LogP contribution in [0.5, 0.6) is 5.75 Å². The maximum atomic E-state index is 16.8. The highest BCUT2D eigenvalue weighted by molar-refractivity contribution is 9.10. The van der Waals surface area contributed by atoms with E-state index in [1.54, 1.807) is 19.0 Å². The largest absolute Gasteiger partial charge is 0.507 e. The fraction of sp³-hybridized carbons (Fsp3) is 0.457. The van der Waals surface area contributed by atoms with Gasteiger partial charge in [-0.3, -0.25) is 24.2 Å². The molecule has 0 aliphatic heterocycles. The van der Waals surface area contributed by atoms with Crippen molar-refractivity contribution in [2.45, 2.75) is 64.3 Å². The Balaban J connectivity index is 1.52. The third kappa shape index (κ3) is 5.29. The van der Waals surface area contributed by atoms with E-state index < -0.39 is 57.7 Å². The maximum Gasteiger partial charge on any atom is 0.291 e. The zero-order chi connectivity index (χ0) is 33.8. The first-order chi connectivity index (χ1) is 22.4. The molecule has 0 bridgehead atoms. The number of carbonyl (C=O) groups excluding carboxylic acids is 2. The second kappa shape index (κ2) is 12.8. The third-order valence-electron chi connectivity index (χ3n) is 9.73. The molecule has 0 spiro atoms. The molecule has 10 nitrogen and oxygen atoms in total. The van der Waals surface area contributed by atoms with Gasteiger partial charge in [0.2, 0.25) is 11.6 Å². The Hall–Kier alpha value is -3.58. The lowest BCUT2D eigenvalue weighted by Crippen LogP contribution is -2.63. The summed E-state index contributed by atoms with van der Waals surface area (Å²) >= 11 is 3.60. The van der Waals surface area contributed by atoms with E-state index in [9.17, 15) is 24.6 Å². The smallest absolute Gasteiger partial charge is 0.291 e. The molecule has 3 aliphatic rings. The predicted octanol–water partition coefficient (Wildman–Crippen LogP) is 5.33. The molecule has 1 saturated carbocycles. The molecular formula is C35H39BrFN3O7. The van der Waals surface area contributed by atoms with E-state index in [-0.39, 0.29) is 47.7 Å². The molecule has 12 heteroatoms. The number of aliphatic hydroxyl groups excluding tert-OH is 1. The van der Waals surface area contributed by atoms with E-state index in [1.165, 1.54) is 0 Å². The quantitative estimate of drug-likeness (QED) is 0.239. The minimum atomic E-state index is -2.64. The molecule has 1 heterocycles. The highest BCUT2D eigenvalue weighted by atomic mass is 79.9. The summed E-state index contributed by atoms with van der Waals surface area (Å²) in [6.45, 7) is 6.07. The molecular weight excluding hydrogens is 673 g/mol. The number of aliphatic hydroxyl groups is 2. The molecule has 1 aromatic heterocycles. The van der Waals surface area contributed by atoms with Crippen LogP contribution in [0, 0.1) is 17.7 Å². The number of halogens is 2. The van der Waals surface area contributed by atoms with Crippen molar-refractivity contribution in [1.29, 1.82) is 0 Å². The van der Waals surface area contributed by atoms with Crippen molar-refractivity contribution in [1.82, 2.24) is 15.0 Å². The minimum Gasteiger partial charge on any atom is -0.507 e. The van der Waals surface area contributed by atoms with Crippen molar-refractivity contribution in [2.24, 2.45) is 11.8 Å². The van der Waals surface area contributed by atoms with Crippen molar-refractivity contribution in [2.75, 3.05) is 27.2 Å². The van der Waals surface area contributed by atoms with Crippen LogP contribution in [0.4, 0.5) is 4.39 Å². The van der Waals surface area contributed by atoms with E-state index in [0.717, 1.165) is 31.5 Å². The minimum absolute atomic E-state index is 0.0162. The topological polar surface area (TPSA) is 136 Å². The number of benzene rings is 2. The average molecular weight is 713 g/mol. The zero-order valence-electron chi connectivity index (χ0n) is 26.9. The fourth-order valence-corrected chi connectivity index (χ4v) is 8.31. The van der Waals surface area contributed by atoms with E-state index in [1.807, 2.05) is 30.3 Å². The van der Waals surface area contributed by atoms with Crippen LogP contribution in [-0.4, -0.2) is 69.5 Å². The third-order valence-corrected chi connectivity index (χ3v) is 10.6. The predicted molar refractivity (Wildman–Crippen MR) is 176 cm³/mol. The van der Waals surface area contributed by atoms with Gasteiger partial charge in [0, 0.05) is 29.2 Å². The van der Waals surface area contributed by atoms with E-state index in [4.69, 9.17) is 9.26 Å². The Morgan fingerprint density at radius 3 is 2.40 bits per heavy atom. The van der Waals surface area contributed by atoms with Crippen LogP contribution >= 0.6 is 15.9 Å². The second-order valence-corrected chi connectivity index (χ2v) is 13.7. The lowest BCUT2D eigenvalue weighted by Gasteiger charge is -2.49. The molecule has 3 aromatic rings. The molecule has 0 unspecified atom stereocenters. The van der Waals surface area contributed by atoms with E-state index in [0.29, 0.717) is 16.6 Å². The summed E-state index contributed by atoms with van der Waals surface area (Å²) < 4.78 is 28.9. The van der Waals surface area contributed by atoms with Crippen LogP contribution in [0.1, 0.15) is 77.5 Å². The van der Waals surface area contributed by atoms with Crippen molar-refractivity contribution < 1.29 is 33.5 Å². The summed E-state index contributed by atoms with van der Waals surface area (Å²) in [5.74, 6) is -4.65. The monoisotopic (exact) mass is 711 g/mol. The summed E-state index contributed by atoms with van der Waals surface area (Å²) in [5, 5.41) is 26.1. The van der Waals surface area contributed by atoms with Gasteiger partial charge in [0.25, 0.3) is 5.56 Å². The molecule has 47 heavy (non-hydrogen) atoms. The number of ketones is 2. The standard InChI is InChI=1S/C35H39BrFN3O7/c1-5-12-40(13-6-2)16-21-26(36)30(46-17-18-10-8-7-9-11-18)24-20(27(21)37)14-19-15-22-28(39(3)4)31-25(34(44)38-47-31)33(43)35(22,45)32(42)23(19)29(24)41/h7-11,19,22,28,41,45H,5-6,12-17H2,1-4H3,(H,38,44)/t19-,22-,28-,35-/m0/s1. The van der Waals surface area contributed by atoms with Gasteiger partial charge in [-0.1, -0.05) is 44.2 Å². The molecule has 0 radical (unpaired) electrons. The number of hydrogen-bond acceptors (Lipinski definition) is 9. The van der Waals surface area contributed by atoms with Crippen LogP contribution in [-0.2, 0) is 24.4 Å². The van der Waals surface area contributed by atoms with Gasteiger partial charge in [-0.25, -0.2) is 4.39 Å². The first kappa shape index (κ1) is 33.3. The van der Waals surface area contributed by atoms with Crippen LogP contribution in [0.2, 0.25) is 0 Å². The molecule has 4 atom stereocenters. The Morgan fingerprint density at radius 1 is 1.09 bits per heavy atom. The molecule has 0 amide bonds. The van der Waals surface area contributed by atoms with Crippen molar-refractivity contribution in [3.8, 4) is 5.75 Å². The van der Waals surface area contributed by atoms with Crippen molar-refractivity contribution >= 4 is 33.3 Å². The van der Waals surface area contributed by atoms with Crippen LogP contribution < -0.4 is 10.3 Å². The lowest BCUT2D eigenvalue weighted by molar-refractivity contribution is -0.142. The first-order valence-electron chi connectivity index (χ1n) is 16.0. The zero-order valence-corrected chi connectivity index (χ0v) is 28.4. The highest BCUT2D eigenvalue weighted by Gasteiger charge is 2.65. The van der Waals surface area contributed by atoms with E-state index in [2.05, 4.69) is 39.8 Å². The van der Waals surface area contributed by atoms with Gasteiger partial charge in [0.15, 0.2) is 11.4 Å². The number of nitrogens with zero attached hydrogens (tertiary/aromatic N) is 2. The Morgan fingerprint density at radius 2 is 1.77 bits per heavy atom. The SMILES string of the molecule is CCCN(CCC)Cc1c(F)c2c(c(OCc3ccccc3)c1Br)C(O)=C1C(=O)[C@]3(O)C(=O)c4c(o[nH]c4=O)[C@@H](N(C)C)[C@@H]3C[C@@H]1C2. The highest BCUT2D eigenvalue weighted by Crippen LogP contribution is 2.55. The second-order valence-electron chi connectivity index (χ2n) is 13.0. The summed E-state index contributed by atoms with van der Waals surface area (Å²) in [4.78, 5) is 44.6. The van der Waals surface area contributed by atoms with Gasteiger partial charge in [-0.15, -0.1) is 0 Å². The van der Waals surface area contributed by atoms with Gasteiger partial charge in [-0.2, -0.15) is 5.16 Å². The van der Waals surface area contributed by atoms with Gasteiger partial charge in [-0.05, 0) is 80.3 Å². The van der Waals surface area contributed by atoms with E-state index >= 15 is 4.39 Å². The lowest BCUT2D eigenvalue weighted by atomic mass is 9.57. The maximum absolute atomic E-state index is 16.8. The Bertz CT molecular complexity index is 1810. The fourth-order valence-electron chi connectivity index (χ4n) is 7.70. The van der Waals surface area contributed by atoms with Crippen molar-refractivity contribution in [3.05, 3.63) is 90.1 Å². The number of Topliss-reactive ketones (excluding diaryl/α,β-unsaturated/α-hetero) is 2. The van der Waals surface area contributed by atoms with Crippen LogP contribution in [0.15, 0.2) is 49.7 Å². The van der Waals surface area contributed by atoms with Gasteiger partial charge in [0.05, 0.1) is 16.1 Å². The molecule has 6 rings (SSSR count). The molecule has 0 saturated heterocycles. The van der Waals surface area contributed by atoms with Gasteiger partial charge in [0.1, 0.15) is 29.5 Å². The van der Waals surface area contributed by atoms with Crippen molar-refractivity contribution in [3.63, 3.8) is 0 Å². The summed E-state index contributed by atoms with van der Waals surface area (Å²) in [7, 11) is 3.39. The first-order valence-corrected chi connectivity index (χ1v) is 16.8. The number of aromatic amines is 1. The number of hydrogen-bond donors (Lipinski definition) is 3. The molecule has 250 valence electrons. The molecule has 3 aliphatic carbocycles. The Kier molecular flexibility index (Phi) is 9.07. The van der Waals surface area contributed by atoms with Gasteiger partial charge >= 0.3 is 0 Å².